The molecule has 0 amide bonds. The predicted octanol–water partition coefficient (Wildman–Crippen LogP) is 1.38. The van der Waals surface area contributed by atoms with Crippen molar-refractivity contribution in [2.75, 3.05) is 165 Å². The van der Waals surface area contributed by atoms with Gasteiger partial charge in [-0.25, -0.2) is 4.79 Å². The van der Waals surface area contributed by atoms with Gasteiger partial charge in [0.2, 0.25) is 0 Å². The number of carbonyl (C=O) groups excluding carboxylic acids is 2. The average molecular weight is 821 g/mol. The zero-order chi connectivity index (χ0) is 42.4. The maximum absolute atomic E-state index is 11.5. The fourth-order valence-corrected chi connectivity index (χ4v) is 3.27. The lowest BCUT2D eigenvalue weighted by Crippen LogP contribution is -2.24. The van der Waals surface area contributed by atoms with Crippen LogP contribution in [0.1, 0.15) is 48.0 Å². The number of esters is 2. The van der Waals surface area contributed by atoms with Gasteiger partial charge in [-0.2, -0.15) is 0 Å². The Morgan fingerprint density at radius 1 is 0.393 bits per heavy atom. The second kappa shape index (κ2) is 45.8. The quantitative estimate of drug-likeness (QED) is 0.0459. The zero-order valence-electron chi connectivity index (χ0n) is 35.1. The van der Waals surface area contributed by atoms with Crippen LogP contribution >= 0.6 is 0 Å². The van der Waals surface area contributed by atoms with Crippen molar-refractivity contribution in [2.45, 2.75) is 59.2 Å². The molecule has 18 nitrogen and oxygen atoms in total. The minimum absolute atomic E-state index is 0.0256. The van der Waals surface area contributed by atoms with Crippen LogP contribution in [0.5, 0.6) is 0 Å². The normalized spacial score (nSPS) is 11.3. The molecule has 0 rings (SSSR count). The van der Waals surface area contributed by atoms with Gasteiger partial charge in [0.1, 0.15) is 11.2 Å². The van der Waals surface area contributed by atoms with E-state index in [2.05, 4.69) is 6.58 Å². The highest BCUT2D eigenvalue weighted by Gasteiger charge is 2.15. The van der Waals surface area contributed by atoms with Crippen LogP contribution in [0.4, 0.5) is 0 Å². The number of ether oxygens (including phenoxy) is 13. The first kappa shape index (κ1) is 58.4. The minimum atomic E-state index is -0.463. The average Bonchev–Trinajstić information content (AvgIpc) is 3.13. The Labute approximate surface area is 335 Å². The van der Waals surface area contributed by atoms with E-state index in [0.717, 1.165) is 6.08 Å². The van der Waals surface area contributed by atoms with E-state index in [1.54, 1.807) is 0 Å². The number of aliphatic hydroxyl groups is 3. The van der Waals surface area contributed by atoms with Gasteiger partial charge in [0.15, 0.2) is 0 Å². The molecule has 0 saturated heterocycles. The van der Waals surface area contributed by atoms with Gasteiger partial charge in [-0.15, -0.1) is 0 Å². The molecule has 0 spiro atoms. The Kier molecular flexibility index (Phi) is 47.8. The molecule has 0 aliphatic carbocycles. The van der Waals surface area contributed by atoms with Crippen LogP contribution < -0.4 is 0 Å². The minimum Gasteiger partial charge on any atom is -0.460 e. The van der Waals surface area contributed by atoms with Crippen molar-refractivity contribution in [2.24, 2.45) is 0 Å². The highest BCUT2D eigenvalue weighted by atomic mass is 16.6. The number of rotatable bonds is 37. The lowest BCUT2D eigenvalue weighted by molar-refractivity contribution is -0.156. The monoisotopic (exact) mass is 821 g/mol. The van der Waals surface area contributed by atoms with Crippen LogP contribution in [0.3, 0.4) is 0 Å². The van der Waals surface area contributed by atoms with Crippen molar-refractivity contribution in [3.05, 3.63) is 12.7 Å². The summed E-state index contributed by atoms with van der Waals surface area (Å²) in [6.07, 6.45) is 1.40. The Bertz CT molecular complexity index is 804. The molecule has 336 valence electrons. The summed E-state index contributed by atoms with van der Waals surface area (Å²) in [6.45, 7) is 24.5. The molecular weight excluding hydrogens is 744 g/mol. The van der Waals surface area contributed by atoms with Crippen molar-refractivity contribution in [3.8, 4) is 0 Å². The van der Waals surface area contributed by atoms with E-state index < -0.39 is 11.2 Å². The summed E-state index contributed by atoms with van der Waals surface area (Å²) in [5, 5.41) is 25.4. The molecule has 3 N–H and O–H groups in total. The summed E-state index contributed by atoms with van der Waals surface area (Å²) in [5.41, 5.74) is -0.861. The number of hydrogen-bond donors (Lipinski definition) is 3. The highest BCUT2D eigenvalue weighted by Crippen LogP contribution is 2.08. The molecule has 0 fully saturated rings. The molecule has 18 heteroatoms. The SMILES string of the molecule is C=CC(=O)OC(C)(C)C.CC(C)(C)OC(=O)CCOCCOCCOCCOCCOCCOCCO.OCCOCCOCCOCCOCCOCCO. The van der Waals surface area contributed by atoms with E-state index in [9.17, 15) is 9.59 Å². The first-order valence-electron chi connectivity index (χ1n) is 19.1. The summed E-state index contributed by atoms with van der Waals surface area (Å²) in [4.78, 5) is 21.9. The molecular formula is C38H76O18. The second-order valence-electron chi connectivity index (χ2n) is 13.0. The smallest absolute Gasteiger partial charge is 0.330 e. The maximum Gasteiger partial charge on any atom is 0.330 e. The van der Waals surface area contributed by atoms with Crippen LogP contribution in [-0.2, 0) is 71.2 Å². The number of hydrogen-bond acceptors (Lipinski definition) is 18. The summed E-state index contributed by atoms with van der Waals surface area (Å²) in [7, 11) is 0. The third-order valence-corrected chi connectivity index (χ3v) is 5.50. The first-order valence-corrected chi connectivity index (χ1v) is 19.1. The molecule has 0 aromatic rings. The van der Waals surface area contributed by atoms with Gasteiger partial charge < -0.3 is 76.9 Å². The number of carbonyl (C=O) groups is 2. The van der Waals surface area contributed by atoms with E-state index in [1.807, 2.05) is 41.5 Å². The summed E-state index contributed by atoms with van der Waals surface area (Å²) < 4.78 is 67.5. The molecule has 0 atom stereocenters. The van der Waals surface area contributed by atoms with Crippen LogP contribution in [-0.4, -0.2) is 204 Å². The fourth-order valence-electron chi connectivity index (χ4n) is 3.27. The molecule has 0 unspecified atom stereocenters. The Morgan fingerprint density at radius 3 is 0.786 bits per heavy atom. The lowest BCUT2D eigenvalue weighted by Gasteiger charge is -2.19. The van der Waals surface area contributed by atoms with Crippen molar-refractivity contribution < 1.29 is 86.5 Å². The molecule has 0 radical (unpaired) electrons. The van der Waals surface area contributed by atoms with E-state index in [4.69, 9.17) is 76.9 Å². The van der Waals surface area contributed by atoms with E-state index in [0.29, 0.717) is 145 Å². The largest absolute Gasteiger partial charge is 0.460 e. The molecule has 56 heavy (non-hydrogen) atoms. The molecule has 0 aromatic heterocycles. The van der Waals surface area contributed by atoms with Crippen molar-refractivity contribution in [3.63, 3.8) is 0 Å². The van der Waals surface area contributed by atoms with Crippen molar-refractivity contribution in [1.29, 1.82) is 0 Å². The van der Waals surface area contributed by atoms with Gasteiger partial charge in [-0.05, 0) is 41.5 Å². The topological polar surface area (TPSA) is 215 Å². The van der Waals surface area contributed by atoms with Crippen LogP contribution in [0, 0.1) is 0 Å². The van der Waals surface area contributed by atoms with Crippen molar-refractivity contribution in [1.82, 2.24) is 0 Å². The Hall–Kier alpha value is -1.88. The van der Waals surface area contributed by atoms with Gasteiger partial charge in [0, 0.05) is 6.08 Å². The van der Waals surface area contributed by atoms with Crippen molar-refractivity contribution >= 4 is 11.9 Å². The molecule has 0 heterocycles. The summed E-state index contributed by atoms with van der Waals surface area (Å²) in [6, 6.07) is 0. The van der Waals surface area contributed by atoms with Crippen LogP contribution in [0.25, 0.3) is 0 Å². The Morgan fingerprint density at radius 2 is 0.607 bits per heavy atom. The lowest BCUT2D eigenvalue weighted by atomic mass is 10.2. The summed E-state index contributed by atoms with van der Waals surface area (Å²) in [5.74, 6) is -0.634. The third-order valence-electron chi connectivity index (χ3n) is 5.50. The number of aliphatic hydroxyl groups excluding tert-OH is 3. The predicted molar refractivity (Wildman–Crippen MR) is 207 cm³/mol. The van der Waals surface area contributed by atoms with Crippen LogP contribution in [0.15, 0.2) is 12.7 Å². The second-order valence-corrected chi connectivity index (χ2v) is 13.0. The third kappa shape index (κ3) is 61.3. The van der Waals surface area contributed by atoms with Gasteiger partial charge in [0.25, 0.3) is 0 Å². The molecule has 0 aliphatic heterocycles. The molecule has 0 aromatic carbocycles. The van der Waals surface area contributed by atoms with Gasteiger partial charge in [-0.1, -0.05) is 6.58 Å². The molecule has 0 aliphatic rings. The van der Waals surface area contributed by atoms with E-state index in [-0.39, 0.29) is 38.2 Å². The van der Waals surface area contributed by atoms with Gasteiger partial charge in [0.05, 0.1) is 172 Å². The van der Waals surface area contributed by atoms with E-state index >= 15 is 0 Å². The first-order chi connectivity index (χ1) is 26.8. The maximum atomic E-state index is 11.5. The van der Waals surface area contributed by atoms with Gasteiger partial charge >= 0.3 is 11.9 Å². The summed E-state index contributed by atoms with van der Waals surface area (Å²) >= 11 is 0. The zero-order valence-corrected chi connectivity index (χ0v) is 35.1. The standard InChI is InChI=1S/C19H38O9.C12H26O7.C7H12O2/c1-19(2,3)28-18(21)4-6-22-8-10-24-12-14-26-16-17-27-15-13-25-11-9-23-7-5-20;13-1-3-15-5-7-17-9-11-19-12-10-18-8-6-16-4-2-14;1-5-6(8)9-7(2,3)4/h20H,4-17H2,1-3H3;13-14H,1-12H2;5H,1H2,2-4H3. The Balaban J connectivity index is -0.000000859. The molecule has 0 saturated carbocycles. The van der Waals surface area contributed by atoms with Gasteiger partial charge in [-0.3, -0.25) is 4.79 Å². The molecule has 0 bridgehead atoms. The fraction of sp³-hybridized carbons (Fsp3) is 0.895. The van der Waals surface area contributed by atoms with E-state index in [1.165, 1.54) is 0 Å². The van der Waals surface area contributed by atoms with Crippen LogP contribution in [0.2, 0.25) is 0 Å². The highest BCUT2D eigenvalue weighted by molar-refractivity contribution is 5.81.